The van der Waals surface area contributed by atoms with E-state index >= 15 is 0 Å². The molecule has 1 N–H and O–H groups in total. The maximum Gasteiger partial charge on any atom is 0.300 e. The van der Waals surface area contributed by atoms with Crippen LogP contribution >= 0.6 is 23.2 Å². The monoisotopic (exact) mass is 479 g/mol. The molecule has 1 atom stereocenters. The Morgan fingerprint density at radius 3 is 2.09 bits per heavy atom. The van der Waals surface area contributed by atoms with Gasteiger partial charge in [-0.25, -0.2) is 0 Å². The molecule has 0 saturated carbocycles. The van der Waals surface area contributed by atoms with Crippen molar-refractivity contribution < 1.29 is 14.7 Å². The summed E-state index contributed by atoms with van der Waals surface area (Å²) in [6, 6.07) is 20.5. The lowest BCUT2D eigenvalue weighted by Crippen LogP contribution is -2.29. The number of amides is 1. The molecule has 0 spiro atoms. The van der Waals surface area contributed by atoms with Crippen LogP contribution in [0.25, 0.3) is 5.76 Å². The normalized spacial score (nSPS) is 18.1. The number of carbonyl (C=O) groups is 2. The minimum Gasteiger partial charge on any atom is -0.507 e. The van der Waals surface area contributed by atoms with Crippen LogP contribution in [0.4, 0.5) is 5.69 Å². The molecule has 0 radical (unpaired) electrons. The Kier molecular flexibility index (Phi) is 6.08. The van der Waals surface area contributed by atoms with Crippen LogP contribution in [-0.4, -0.2) is 16.8 Å². The molecule has 1 fully saturated rings. The van der Waals surface area contributed by atoms with Crippen molar-refractivity contribution in [3.8, 4) is 0 Å². The van der Waals surface area contributed by atoms with Crippen LogP contribution in [0.3, 0.4) is 0 Å². The summed E-state index contributed by atoms with van der Waals surface area (Å²) in [7, 11) is 0. The average molecular weight is 480 g/mol. The fourth-order valence-corrected chi connectivity index (χ4v) is 4.27. The molecule has 168 valence electrons. The number of halogens is 2. The van der Waals surface area contributed by atoms with Gasteiger partial charge in [0.1, 0.15) is 5.76 Å². The van der Waals surface area contributed by atoms with E-state index in [1.165, 1.54) is 17.0 Å². The molecule has 3 aromatic rings. The van der Waals surface area contributed by atoms with Crippen LogP contribution in [0.1, 0.15) is 43.5 Å². The van der Waals surface area contributed by atoms with E-state index in [0.29, 0.717) is 21.8 Å². The van der Waals surface area contributed by atoms with E-state index in [1.807, 2.05) is 54.6 Å². The first-order valence-electron chi connectivity index (χ1n) is 10.5. The number of nitrogens with zero attached hydrogens (tertiary/aromatic N) is 1. The zero-order chi connectivity index (χ0) is 23.9. The van der Waals surface area contributed by atoms with E-state index in [4.69, 9.17) is 23.2 Å². The van der Waals surface area contributed by atoms with Crippen molar-refractivity contribution in [3.05, 3.63) is 105 Å². The van der Waals surface area contributed by atoms with Crippen molar-refractivity contribution >= 4 is 46.3 Å². The fourth-order valence-electron chi connectivity index (χ4n) is 3.97. The summed E-state index contributed by atoms with van der Waals surface area (Å²) >= 11 is 12.1. The molecule has 4 rings (SSSR count). The predicted molar refractivity (Wildman–Crippen MR) is 133 cm³/mol. The summed E-state index contributed by atoms with van der Waals surface area (Å²) < 4.78 is 0. The molecule has 1 unspecified atom stereocenters. The minimum atomic E-state index is -0.791. The van der Waals surface area contributed by atoms with E-state index in [0.717, 1.165) is 5.56 Å². The largest absolute Gasteiger partial charge is 0.507 e. The van der Waals surface area contributed by atoms with Gasteiger partial charge < -0.3 is 5.11 Å². The van der Waals surface area contributed by atoms with Crippen LogP contribution in [0.5, 0.6) is 0 Å². The third-order valence-electron chi connectivity index (χ3n) is 5.76. The van der Waals surface area contributed by atoms with Crippen molar-refractivity contribution in [2.45, 2.75) is 32.2 Å². The number of aliphatic hydroxyl groups is 1. The smallest absolute Gasteiger partial charge is 0.300 e. The first-order valence-corrected chi connectivity index (χ1v) is 11.3. The summed E-state index contributed by atoms with van der Waals surface area (Å²) in [6.07, 6.45) is 0. The molecule has 1 heterocycles. The number of hydrogen-bond acceptors (Lipinski definition) is 3. The second-order valence-electron chi connectivity index (χ2n) is 9.01. The van der Waals surface area contributed by atoms with Crippen LogP contribution in [0, 0.1) is 0 Å². The molecule has 1 aliphatic rings. The molecule has 3 aromatic carbocycles. The molecule has 1 saturated heterocycles. The summed E-state index contributed by atoms with van der Waals surface area (Å²) in [5.74, 6) is -1.75. The SMILES string of the molecule is CC(C)(C)c1ccc(N2C(=O)C(=O)/C(=C(\O)c3ccc(Cl)c(Cl)c3)C2c2ccccc2)cc1. The summed E-state index contributed by atoms with van der Waals surface area (Å²) in [6.45, 7) is 6.32. The molecule has 0 aliphatic carbocycles. The van der Waals surface area contributed by atoms with E-state index in [-0.39, 0.29) is 21.8 Å². The quantitative estimate of drug-likeness (QED) is 0.252. The number of ketones is 1. The van der Waals surface area contributed by atoms with Gasteiger partial charge in [-0.1, -0.05) is 86.4 Å². The van der Waals surface area contributed by atoms with Gasteiger partial charge in [0.25, 0.3) is 11.7 Å². The summed E-state index contributed by atoms with van der Waals surface area (Å²) in [4.78, 5) is 27.9. The lowest BCUT2D eigenvalue weighted by molar-refractivity contribution is -0.132. The Hall–Kier alpha value is -3.08. The molecule has 33 heavy (non-hydrogen) atoms. The topological polar surface area (TPSA) is 57.6 Å². The van der Waals surface area contributed by atoms with Crippen molar-refractivity contribution in [3.63, 3.8) is 0 Å². The van der Waals surface area contributed by atoms with Crippen molar-refractivity contribution in [2.75, 3.05) is 4.90 Å². The van der Waals surface area contributed by atoms with Crippen molar-refractivity contribution in [1.82, 2.24) is 0 Å². The third kappa shape index (κ3) is 4.29. The molecular weight excluding hydrogens is 457 g/mol. The highest BCUT2D eigenvalue weighted by atomic mass is 35.5. The highest BCUT2D eigenvalue weighted by Gasteiger charge is 2.47. The Labute approximate surface area is 203 Å². The zero-order valence-electron chi connectivity index (χ0n) is 18.5. The number of anilines is 1. The minimum absolute atomic E-state index is 0.00415. The first-order chi connectivity index (χ1) is 15.6. The van der Waals surface area contributed by atoms with Crippen LogP contribution in [0.2, 0.25) is 10.0 Å². The molecule has 0 bridgehead atoms. The Balaban J connectivity index is 1.90. The Morgan fingerprint density at radius 2 is 1.52 bits per heavy atom. The zero-order valence-corrected chi connectivity index (χ0v) is 20.0. The van der Waals surface area contributed by atoms with Crippen molar-refractivity contribution in [2.24, 2.45) is 0 Å². The average Bonchev–Trinajstić information content (AvgIpc) is 3.06. The highest BCUT2D eigenvalue weighted by Crippen LogP contribution is 2.42. The van der Waals surface area contributed by atoms with Gasteiger partial charge >= 0.3 is 0 Å². The van der Waals surface area contributed by atoms with Gasteiger partial charge in [0, 0.05) is 11.3 Å². The maximum atomic E-state index is 13.2. The van der Waals surface area contributed by atoms with Gasteiger partial charge in [-0.3, -0.25) is 14.5 Å². The molecule has 1 aliphatic heterocycles. The van der Waals surface area contributed by atoms with Crippen LogP contribution < -0.4 is 4.90 Å². The lowest BCUT2D eigenvalue weighted by atomic mass is 9.87. The Bertz CT molecular complexity index is 1260. The van der Waals surface area contributed by atoms with Gasteiger partial charge in [-0.2, -0.15) is 0 Å². The highest BCUT2D eigenvalue weighted by molar-refractivity contribution is 6.51. The number of aliphatic hydroxyl groups excluding tert-OH is 1. The predicted octanol–water partition coefficient (Wildman–Crippen LogP) is 6.92. The first kappa shape index (κ1) is 23.1. The van der Waals surface area contributed by atoms with Crippen LogP contribution in [0.15, 0.2) is 78.4 Å². The summed E-state index contributed by atoms with van der Waals surface area (Å²) in [5.41, 5.74) is 2.65. The van der Waals surface area contributed by atoms with Gasteiger partial charge in [0.05, 0.1) is 21.7 Å². The third-order valence-corrected chi connectivity index (χ3v) is 6.50. The van der Waals surface area contributed by atoms with Crippen molar-refractivity contribution in [1.29, 1.82) is 0 Å². The van der Waals surface area contributed by atoms with E-state index in [1.54, 1.807) is 6.07 Å². The standard InChI is InChI=1S/C27H23Cl2NO3/c1-27(2,3)18-10-12-19(13-11-18)30-23(16-7-5-4-6-8-16)22(25(32)26(30)33)24(31)17-9-14-20(28)21(29)15-17/h4-15,23,31H,1-3H3/b24-22-. The van der Waals surface area contributed by atoms with Gasteiger partial charge in [0.2, 0.25) is 0 Å². The number of carbonyl (C=O) groups excluding carboxylic acids is 2. The summed E-state index contributed by atoms with van der Waals surface area (Å²) in [5, 5.41) is 11.7. The van der Waals surface area contributed by atoms with E-state index in [9.17, 15) is 14.7 Å². The molecular formula is C27H23Cl2NO3. The molecule has 1 amide bonds. The van der Waals surface area contributed by atoms with E-state index < -0.39 is 17.7 Å². The maximum absolute atomic E-state index is 13.2. The fraction of sp³-hybridized carbons (Fsp3) is 0.185. The number of hydrogen-bond donors (Lipinski definition) is 1. The molecule has 0 aromatic heterocycles. The van der Waals surface area contributed by atoms with Crippen LogP contribution in [-0.2, 0) is 15.0 Å². The Morgan fingerprint density at radius 1 is 0.879 bits per heavy atom. The molecule has 4 nitrogen and oxygen atoms in total. The molecule has 6 heteroatoms. The van der Waals surface area contributed by atoms with Gasteiger partial charge in [-0.15, -0.1) is 0 Å². The van der Waals surface area contributed by atoms with Gasteiger partial charge in [-0.05, 0) is 46.9 Å². The lowest BCUT2D eigenvalue weighted by Gasteiger charge is -2.26. The van der Waals surface area contributed by atoms with Gasteiger partial charge in [0.15, 0.2) is 0 Å². The van der Waals surface area contributed by atoms with E-state index in [2.05, 4.69) is 20.8 Å². The second-order valence-corrected chi connectivity index (χ2v) is 9.82. The second kappa shape index (κ2) is 8.69. The number of benzene rings is 3. The number of rotatable bonds is 3. The number of Topliss-reactive ketones (excluding diaryl/α,β-unsaturated/α-hetero) is 1.